The highest BCUT2D eigenvalue weighted by molar-refractivity contribution is 7.98. The quantitative estimate of drug-likeness (QED) is 0.618. The van der Waals surface area contributed by atoms with Crippen LogP contribution >= 0.6 is 11.9 Å². The maximum absolute atomic E-state index is 4.17. The first-order valence-corrected chi connectivity index (χ1v) is 4.55. The minimum absolute atomic E-state index is 0.870. The summed E-state index contributed by atoms with van der Waals surface area (Å²) in [4.78, 5) is 4.17. The SMILES string of the molecule is C1=C(c2ccccn2)N=NSC1. The van der Waals surface area contributed by atoms with E-state index in [9.17, 15) is 0 Å². The smallest absolute Gasteiger partial charge is 0.109 e. The van der Waals surface area contributed by atoms with Crippen molar-refractivity contribution in [1.29, 1.82) is 0 Å². The number of rotatable bonds is 1. The van der Waals surface area contributed by atoms with Crippen LogP contribution in [0.2, 0.25) is 0 Å². The molecule has 0 bridgehead atoms. The summed E-state index contributed by atoms with van der Waals surface area (Å²) in [7, 11) is 0. The van der Waals surface area contributed by atoms with Gasteiger partial charge < -0.3 is 0 Å². The Morgan fingerprint density at radius 2 is 2.33 bits per heavy atom. The Bertz CT molecular complexity index is 318. The van der Waals surface area contributed by atoms with Crippen LogP contribution < -0.4 is 0 Å². The predicted molar refractivity (Wildman–Crippen MR) is 49.5 cm³/mol. The molecule has 0 N–H and O–H groups in total. The molecule has 0 amide bonds. The zero-order valence-electron chi connectivity index (χ0n) is 6.34. The largest absolute Gasteiger partial charge is 0.255 e. The highest BCUT2D eigenvalue weighted by Crippen LogP contribution is 2.21. The molecule has 0 aromatic carbocycles. The number of pyridine rings is 1. The molecule has 0 radical (unpaired) electrons. The first kappa shape index (κ1) is 7.49. The molecule has 4 heteroatoms. The average molecular weight is 177 g/mol. The van der Waals surface area contributed by atoms with Crippen molar-refractivity contribution in [3.63, 3.8) is 0 Å². The zero-order chi connectivity index (χ0) is 8.23. The van der Waals surface area contributed by atoms with Gasteiger partial charge in [0, 0.05) is 23.9 Å². The highest BCUT2D eigenvalue weighted by Gasteiger charge is 2.03. The molecule has 1 aromatic heterocycles. The van der Waals surface area contributed by atoms with Crippen LogP contribution in [0.15, 0.2) is 40.1 Å². The average Bonchev–Trinajstić information content (AvgIpc) is 2.21. The molecule has 0 unspecified atom stereocenters. The minimum atomic E-state index is 0.870. The first-order valence-electron chi connectivity index (χ1n) is 3.61. The Morgan fingerprint density at radius 3 is 3.00 bits per heavy atom. The summed E-state index contributed by atoms with van der Waals surface area (Å²) < 4.78 is 3.87. The summed E-state index contributed by atoms with van der Waals surface area (Å²) in [6, 6.07) is 5.76. The Balaban J connectivity index is 2.31. The van der Waals surface area contributed by atoms with Gasteiger partial charge in [-0.1, -0.05) is 6.07 Å². The van der Waals surface area contributed by atoms with Crippen LogP contribution in [0.4, 0.5) is 0 Å². The van der Waals surface area contributed by atoms with E-state index in [1.807, 2.05) is 24.3 Å². The van der Waals surface area contributed by atoms with Crippen molar-refractivity contribution in [1.82, 2.24) is 4.98 Å². The molecule has 2 rings (SSSR count). The van der Waals surface area contributed by atoms with Gasteiger partial charge in [-0.25, -0.2) is 0 Å². The van der Waals surface area contributed by atoms with Crippen molar-refractivity contribution in [2.75, 3.05) is 5.75 Å². The van der Waals surface area contributed by atoms with E-state index in [1.165, 1.54) is 11.9 Å². The van der Waals surface area contributed by atoms with Crippen molar-refractivity contribution in [2.45, 2.75) is 0 Å². The number of aromatic nitrogens is 1. The van der Waals surface area contributed by atoms with Crippen molar-refractivity contribution >= 4 is 17.6 Å². The lowest BCUT2D eigenvalue weighted by Crippen LogP contribution is -1.88. The lowest BCUT2D eigenvalue weighted by Gasteiger charge is -2.02. The van der Waals surface area contributed by atoms with Gasteiger partial charge in [0.05, 0.1) is 5.69 Å². The van der Waals surface area contributed by atoms with Crippen molar-refractivity contribution in [2.24, 2.45) is 9.63 Å². The van der Waals surface area contributed by atoms with Gasteiger partial charge in [0.15, 0.2) is 0 Å². The molecule has 12 heavy (non-hydrogen) atoms. The van der Waals surface area contributed by atoms with Gasteiger partial charge in [-0.05, 0) is 18.2 Å². The number of hydrogen-bond acceptors (Lipinski definition) is 4. The third-order valence-corrected chi connectivity index (χ3v) is 2.00. The Morgan fingerprint density at radius 1 is 1.33 bits per heavy atom. The molecular weight excluding hydrogens is 170 g/mol. The number of nitrogens with zero attached hydrogens (tertiary/aromatic N) is 3. The fourth-order valence-electron chi connectivity index (χ4n) is 0.933. The molecule has 0 saturated carbocycles. The molecule has 0 fully saturated rings. The monoisotopic (exact) mass is 177 g/mol. The van der Waals surface area contributed by atoms with Gasteiger partial charge in [0.2, 0.25) is 0 Å². The first-order chi connectivity index (χ1) is 5.97. The van der Waals surface area contributed by atoms with Crippen LogP contribution in [0.3, 0.4) is 0 Å². The maximum atomic E-state index is 4.17. The van der Waals surface area contributed by atoms with E-state index in [4.69, 9.17) is 0 Å². The molecule has 60 valence electrons. The van der Waals surface area contributed by atoms with E-state index in [0.29, 0.717) is 0 Å². The molecule has 0 aliphatic carbocycles. The van der Waals surface area contributed by atoms with Gasteiger partial charge in [-0.3, -0.25) is 4.98 Å². The summed E-state index contributed by atoms with van der Waals surface area (Å²) in [5.41, 5.74) is 1.76. The molecular formula is C8H7N3S. The Labute approximate surface area is 74.8 Å². The van der Waals surface area contributed by atoms with E-state index in [-0.39, 0.29) is 0 Å². The van der Waals surface area contributed by atoms with Crippen LogP contribution in [0.1, 0.15) is 5.69 Å². The third-order valence-electron chi connectivity index (χ3n) is 1.48. The second-order valence-corrected chi connectivity index (χ2v) is 3.04. The van der Waals surface area contributed by atoms with Gasteiger partial charge >= 0.3 is 0 Å². The summed E-state index contributed by atoms with van der Waals surface area (Å²) >= 11 is 1.45. The zero-order valence-corrected chi connectivity index (χ0v) is 7.16. The van der Waals surface area contributed by atoms with Crippen LogP contribution in [0.5, 0.6) is 0 Å². The maximum Gasteiger partial charge on any atom is 0.109 e. The molecule has 0 atom stereocenters. The summed E-state index contributed by atoms with van der Waals surface area (Å²) in [6.45, 7) is 0. The Kier molecular flexibility index (Phi) is 2.18. The molecule has 0 spiro atoms. The normalized spacial score (nSPS) is 15.8. The van der Waals surface area contributed by atoms with Crippen molar-refractivity contribution in [3.05, 3.63) is 36.2 Å². The molecule has 3 nitrogen and oxygen atoms in total. The molecule has 1 aliphatic heterocycles. The highest BCUT2D eigenvalue weighted by atomic mass is 32.2. The van der Waals surface area contributed by atoms with Crippen LogP contribution in [0.25, 0.3) is 5.70 Å². The van der Waals surface area contributed by atoms with Crippen molar-refractivity contribution in [3.8, 4) is 0 Å². The van der Waals surface area contributed by atoms with E-state index >= 15 is 0 Å². The number of hydrogen-bond donors (Lipinski definition) is 0. The topological polar surface area (TPSA) is 37.6 Å². The van der Waals surface area contributed by atoms with E-state index < -0.39 is 0 Å². The summed E-state index contributed by atoms with van der Waals surface area (Å²) in [5.74, 6) is 0.884. The fourth-order valence-corrected chi connectivity index (χ4v) is 1.38. The molecule has 2 heterocycles. The van der Waals surface area contributed by atoms with Crippen LogP contribution in [-0.2, 0) is 0 Å². The van der Waals surface area contributed by atoms with Crippen LogP contribution in [0, 0.1) is 0 Å². The van der Waals surface area contributed by atoms with Crippen LogP contribution in [-0.4, -0.2) is 10.7 Å². The van der Waals surface area contributed by atoms with E-state index in [1.54, 1.807) is 6.20 Å². The van der Waals surface area contributed by atoms with Crippen molar-refractivity contribution < 1.29 is 0 Å². The van der Waals surface area contributed by atoms with Gasteiger partial charge in [-0.15, -0.1) is 9.63 Å². The van der Waals surface area contributed by atoms with Gasteiger partial charge in [-0.2, -0.15) is 0 Å². The summed E-state index contributed by atoms with van der Waals surface area (Å²) in [5, 5.41) is 3.99. The standard InChI is InChI=1S/C8H7N3S/c1-2-5-9-7(3-1)8-4-6-12-11-10-8/h1-5H,6H2. The molecule has 1 aromatic rings. The summed E-state index contributed by atoms with van der Waals surface area (Å²) in [6.07, 6.45) is 3.79. The molecule has 0 saturated heterocycles. The second kappa shape index (κ2) is 3.49. The lowest BCUT2D eigenvalue weighted by atomic mass is 10.3. The second-order valence-electron chi connectivity index (χ2n) is 2.28. The fraction of sp³-hybridized carbons (Fsp3) is 0.125. The van der Waals surface area contributed by atoms with E-state index in [0.717, 1.165) is 17.1 Å². The van der Waals surface area contributed by atoms with E-state index in [2.05, 4.69) is 14.6 Å². The minimum Gasteiger partial charge on any atom is -0.255 e. The van der Waals surface area contributed by atoms with Gasteiger partial charge in [0.1, 0.15) is 5.70 Å². The lowest BCUT2D eigenvalue weighted by molar-refractivity contribution is 1.21. The third kappa shape index (κ3) is 1.53. The Hall–Kier alpha value is -1.16. The predicted octanol–water partition coefficient (Wildman–Crippen LogP) is 2.54. The molecule has 1 aliphatic rings. The van der Waals surface area contributed by atoms with Gasteiger partial charge in [0.25, 0.3) is 0 Å².